The fraction of sp³-hybridized carbons (Fsp3) is 0.333. The Morgan fingerprint density at radius 1 is 1.58 bits per heavy atom. The van der Waals surface area contributed by atoms with Gasteiger partial charge in [-0.1, -0.05) is 0 Å². The van der Waals surface area contributed by atoms with Crippen LogP contribution in [0.1, 0.15) is 12.5 Å². The Bertz CT molecular complexity index is 294. The Labute approximate surface area is 84.1 Å². The topological polar surface area (TPSA) is 9.23 Å². The number of fused-ring (bicyclic) bond motifs is 1. The summed E-state index contributed by atoms with van der Waals surface area (Å²) < 4.78 is 19.1. The van der Waals surface area contributed by atoms with Crippen molar-refractivity contribution in [3.8, 4) is 5.75 Å². The fourth-order valence-electron chi connectivity index (χ4n) is 1.41. The second-order valence-electron chi connectivity index (χ2n) is 3.01. The van der Waals surface area contributed by atoms with Crippen molar-refractivity contribution in [2.24, 2.45) is 0 Å². The van der Waals surface area contributed by atoms with Crippen LogP contribution in [0.4, 0.5) is 4.39 Å². The molecule has 2 rings (SSSR count). The maximum atomic E-state index is 13.0. The lowest BCUT2D eigenvalue weighted by Gasteiger charge is -2.02. The molecule has 1 aromatic rings. The summed E-state index contributed by atoms with van der Waals surface area (Å²) in [5, 5.41) is 0. The van der Waals surface area contributed by atoms with Gasteiger partial charge in [0.15, 0.2) is 0 Å². The van der Waals surface area contributed by atoms with Crippen LogP contribution in [-0.2, 0) is 6.42 Å². The van der Waals surface area contributed by atoms with Crippen LogP contribution in [-0.4, -0.2) is 6.10 Å². The van der Waals surface area contributed by atoms with E-state index in [4.69, 9.17) is 4.74 Å². The van der Waals surface area contributed by atoms with E-state index in [2.05, 4.69) is 0 Å². The predicted molar refractivity (Wildman–Crippen MR) is 52.9 cm³/mol. The highest BCUT2D eigenvalue weighted by Crippen LogP contribution is 2.31. The van der Waals surface area contributed by atoms with Gasteiger partial charge in [-0.2, -0.15) is 0 Å². The molecule has 1 aliphatic heterocycles. The second-order valence-corrected chi connectivity index (χ2v) is 4.17. The highest BCUT2D eigenvalue weighted by Gasteiger charge is 2.20. The zero-order chi connectivity index (χ0) is 8.72. The SMILES string of the molecule is C[C@H]1Cc2cc(I)c(F)cc2O1. The van der Waals surface area contributed by atoms with Crippen molar-refractivity contribution < 1.29 is 9.13 Å². The van der Waals surface area contributed by atoms with E-state index in [1.165, 1.54) is 6.07 Å². The zero-order valence-electron chi connectivity index (χ0n) is 6.60. The number of hydrogen-bond acceptors (Lipinski definition) is 1. The highest BCUT2D eigenvalue weighted by molar-refractivity contribution is 14.1. The molecule has 0 radical (unpaired) electrons. The van der Waals surface area contributed by atoms with Crippen LogP contribution in [0.3, 0.4) is 0 Å². The van der Waals surface area contributed by atoms with E-state index < -0.39 is 0 Å². The summed E-state index contributed by atoms with van der Waals surface area (Å²) in [6, 6.07) is 3.33. The Morgan fingerprint density at radius 2 is 2.33 bits per heavy atom. The van der Waals surface area contributed by atoms with Gasteiger partial charge in [-0.15, -0.1) is 0 Å². The van der Waals surface area contributed by atoms with E-state index >= 15 is 0 Å². The first-order chi connectivity index (χ1) is 5.66. The molecule has 1 nitrogen and oxygen atoms in total. The molecule has 1 aliphatic rings. The Balaban J connectivity index is 2.48. The summed E-state index contributed by atoms with van der Waals surface area (Å²) in [5.74, 6) is 0.517. The van der Waals surface area contributed by atoms with E-state index in [-0.39, 0.29) is 11.9 Å². The van der Waals surface area contributed by atoms with E-state index in [9.17, 15) is 4.39 Å². The first-order valence-corrected chi connectivity index (χ1v) is 4.89. The second kappa shape index (κ2) is 2.87. The third-order valence-corrected chi connectivity index (χ3v) is 2.77. The highest BCUT2D eigenvalue weighted by atomic mass is 127. The van der Waals surface area contributed by atoms with Gasteiger partial charge in [-0.25, -0.2) is 4.39 Å². The van der Waals surface area contributed by atoms with E-state index in [0.717, 1.165) is 12.0 Å². The van der Waals surface area contributed by atoms with E-state index in [1.807, 2.05) is 35.6 Å². The first-order valence-electron chi connectivity index (χ1n) is 3.81. The molecule has 0 N–H and O–H groups in total. The summed E-state index contributed by atoms with van der Waals surface area (Å²) in [4.78, 5) is 0. The van der Waals surface area contributed by atoms with E-state index in [1.54, 1.807) is 0 Å². The maximum Gasteiger partial charge on any atom is 0.140 e. The zero-order valence-corrected chi connectivity index (χ0v) is 8.76. The summed E-state index contributed by atoms with van der Waals surface area (Å²) >= 11 is 1.99. The maximum absolute atomic E-state index is 13.0. The van der Waals surface area contributed by atoms with Crippen molar-refractivity contribution >= 4 is 22.6 Å². The molecular formula is C9H8FIO. The Morgan fingerprint density at radius 3 is 3.08 bits per heavy atom. The van der Waals surface area contributed by atoms with Crippen LogP contribution in [0.15, 0.2) is 12.1 Å². The molecule has 0 fully saturated rings. The molecule has 0 bridgehead atoms. The molecule has 12 heavy (non-hydrogen) atoms. The van der Waals surface area contributed by atoms with Crippen molar-refractivity contribution in [3.63, 3.8) is 0 Å². The molecule has 64 valence electrons. The quantitative estimate of drug-likeness (QED) is 0.663. The van der Waals surface area contributed by atoms with Crippen LogP contribution < -0.4 is 4.74 Å². The average Bonchev–Trinajstić information content (AvgIpc) is 2.30. The minimum Gasteiger partial charge on any atom is -0.490 e. The summed E-state index contributed by atoms with van der Waals surface area (Å²) in [7, 11) is 0. The lowest BCUT2D eigenvalue weighted by molar-refractivity contribution is 0.254. The molecule has 1 aromatic carbocycles. The molecule has 0 aliphatic carbocycles. The molecule has 1 heterocycles. The van der Waals surface area contributed by atoms with Crippen molar-refractivity contribution in [2.45, 2.75) is 19.4 Å². The minimum atomic E-state index is -0.191. The molecule has 0 aromatic heterocycles. The van der Waals surface area contributed by atoms with Crippen LogP contribution >= 0.6 is 22.6 Å². The van der Waals surface area contributed by atoms with Crippen molar-refractivity contribution in [2.75, 3.05) is 0 Å². The van der Waals surface area contributed by atoms with Crippen LogP contribution in [0.25, 0.3) is 0 Å². The van der Waals surface area contributed by atoms with Crippen LogP contribution in [0.2, 0.25) is 0 Å². The number of ether oxygens (including phenoxy) is 1. The van der Waals surface area contributed by atoms with Crippen molar-refractivity contribution in [3.05, 3.63) is 27.1 Å². The number of benzene rings is 1. The Kier molecular flexibility index (Phi) is 1.98. The molecule has 3 heteroatoms. The van der Waals surface area contributed by atoms with Crippen LogP contribution in [0.5, 0.6) is 5.75 Å². The van der Waals surface area contributed by atoms with Gasteiger partial charge in [0.2, 0.25) is 0 Å². The third-order valence-electron chi connectivity index (χ3n) is 1.94. The van der Waals surface area contributed by atoms with Gasteiger partial charge in [0.1, 0.15) is 17.7 Å². The summed E-state index contributed by atoms with van der Waals surface area (Å²) in [5.41, 5.74) is 1.12. The summed E-state index contributed by atoms with van der Waals surface area (Å²) in [6.07, 6.45) is 1.09. The molecular weight excluding hydrogens is 270 g/mol. The fourth-order valence-corrected chi connectivity index (χ4v) is 1.94. The van der Waals surface area contributed by atoms with Gasteiger partial charge in [-0.3, -0.25) is 0 Å². The predicted octanol–water partition coefficient (Wildman–Crippen LogP) is 2.75. The number of halogens is 2. The number of rotatable bonds is 0. The average molecular weight is 278 g/mol. The van der Waals surface area contributed by atoms with Gasteiger partial charge in [0.05, 0.1) is 0 Å². The lowest BCUT2D eigenvalue weighted by Crippen LogP contribution is -2.05. The molecule has 1 atom stereocenters. The van der Waals surface area contributed by atoms with Crippen molar-refractivity contribution in [1.82, 2.24) is 0 Å². The molecule has 0 saturated heterocycles. The van der Waals surface area contributed by atoms with Gasteiger partial charge in [0.25, 0.3) is 0 Å². The van der Waals surface area contributed by atoms with Gasteiger partial charge >= 0.3 is 0 Å². The van der Waals surface area contributed by atoms with Gasteiger partial charge in [-0.05, 0) is 41.1 Å². The third kappa shape index (κ3) is 1.30. The first kappa shape index (κ1) is 8.29. The normalized spacial score (nSPS) is 20.4. The Hall–Kier alpha value is -0.320. The van der Waals surface area contributed by atoms with Crippen LogP contribution in [0, 0.1) is 9.39 Å². The largest absolute Gasteiger partial charge is 0.490 e. The smallest absolute Gasteiger partial charge is 0.140 e. The number of hydrogen-bond donors (Lipinski definition) is 0. The monoisotopic (exact) mass is 278 g/mol. The summed E-state index contributed by atoms with van der Waals surface area (Å²) in [6.45, 7) is 1.99. The van der Waals surface area contributed by atoms with Crippen molar-refractivity contribution in [1.29, 1.82) is 0 Å². The minimum absolute atomic E-state index is 0.191. The van der Waals surface area contributed by atoms with Gasteiger partial charge in [0, 0.05) is 16.1 Å². The van der Waals surface area contributed by atoms with E-state index in [0.29, 0.717) is 9.32 Å². The molecule has 0 unspecified atom stereocenters. The van der Waals surface area contributed by atoms with Gasteiger partial charge < -0.3 is 4.74 Å². The molecule has 0 saturated carbocycles. The lowest BCUT2D eigenvalue weighted by atomic mass is 10.1. The molecule has 0 spiro atoms. The molecule has 0 amide bonds. The standard InChI is InChI=1S/C9H8FIO/c1-5-2-6-3-8(11)7(10)4-9(6)12-5/h3-5H,2H2,1H3/t5-/m0/s1.